The van der Waals surface area contributed by atoms with E-state index < -0.39 is 15.9 Å². The number of carbonyl (C=O) groups excluding carboxylic acids is 1. The second-order valence-corrected chi connectivity index (χ2v) is 9.48. The maximum absolute atomic E-state index is 12.6. The number of hydrogen-bond acceptors (Lipinski definition) is 6. The smallest absolute Gasteiger partial charge is 0.264 e. The summed E-state index contributed by atoms with van der Waals surface area (Å²) < 4.78 is 32.8. The summed E-state index contributed by atoms with van der Waals surface area (Å²) in [4.78, 5) is 20.3. The molecule has 0 fully saturated rings. The van der Waals surface area contributed by atoms with Crippen LogP contribution in [0.5, 0.6) is 5.75 Å². The molecule has 1 amide bonds. The number of rotatable bonds is 10. The zero-order valence-electron chi connectivity index (χ0n) is 17.7. The molecule has 3 rings (SSSR count). The Morgan fingerprint density at radius 2 is 1.67 bits per heavy atom. The lowest BCUT2D eigenvalue weighted by Crippen LogP contribution is -2.15. The second-order valence-electron chi connectivity index (χ2n) is 6.98. The number of nitrogens with one attached hydrogen (secondary N) is 2. The van der Waals surface area contributed by atoms with Gasteiger partial charge >= 0.3 is 0 Å². The summed E-state index contributed by atoms with van der Waals surface area (Å²) in [5.74, 6) is -0.153. The molecule has 1 heterocycles. The molecule has 3 aromatic rings. The van der Waals surface area contributed by atoms with E-state index in [0.717, 1.165) is 19.3 Å². The Morgan fingerprint density at radius 3 is 2.27 bits per heavy atom. The third kappa shape index (κ3) is 6.80. The van der Waals surface area contributed by atoms with Crippen LogP contribution in [0.25, 0.3) is 0 Å². The lowest BCUT2D eigenvalue weighted by atomic mass is 10.2. The lowest BCUT2D eigenvalue weighted by molar-refractivity contribution is 0.102. The van der Waals surface area contributed by atoms with Crippen LogP contribution in [-0.2, 0) is 10.0 Å². The molecule has 8 nitrogen and oxygen atoms in total. The van der Waals surface area contributed by atoms with Crippen molar-refractivity contribution >= 4 is 50.8 Å². The summed E-state index contributed by atoms with van der Waals surface area (Å²) in [5.41, 5.74) is 0.632. The molecule has 2 aromatic carbocycles. The molecule has 0 aliphatic rings. The summed E-state index contributed by atoms with van der Waals surface area (Å²) >= 11 is 12.5. The first kappa shape index (κ1) is 24.8. The molecule has 0 aliphatic carbocycles. The number of ether oxygens (including phenoxy) is 1. The van der Waals surface area contributed by atoms with Gasteiger partial charge in [0.05, 0.1) is 21.5 Å². The molecule has 2 N–H and O–H groups in total. The van der Waals surface area contributed by atoms with Crippen LogP contribution in [0.3, 0.4) is 0 Å². The van der Waals surface area contributed by atoms with Crippen molar-refractivity contribution in [3.63, 3.8) is 0 Å². The van der Waals surface area contributed by atoms with Gasteiger partial charge < -0.3 is 10.1 Å². The van der Waals surface area contributed by atoms with Gasteiger partial charge in [0.25, 0.3) is 15.9 Å². The van der Waals surface area contributed by atoms with Crippen LogP contribution in [0.4, 0.5) is 11.6 Å². The third-order valence-electron chi connectivity index (χ3n) is 4.47. The van der Waals surface area contributed by atoms with Crippen molar-refractivity contribution in [2.45, 2.75) is 31.1 Å². The first-order chi connectivity index (χ1) is 15.8. The zero-order valence-corrected chi connectivity index (χ0v) is 20.0. The fourth-order valence-electron chi connectivity index (χ4n) is 2.81. The van der Waals surface area contributed by atoms with Crippen LogP contribution in [-0.4, -0.2) is 30.9 Å². The van der Waals surface area contributed by atoms with E-state index in [1.165, 1.54) is 48.8 Å². The molecule has 0 spiro atoms. The van der Waals surface area contributed by atoms with E-state index in [-0.39, 0.29) is 26.5 Å². The van der Waals surface area contributed by atoms with Gasteiger partial charge in [-0.05, 0) is 48.9 Å². The van der Waals surface area contributed by atoms with Gasteiger partial charge in [0, 0.05) is 23.6 Å². The normalized spacial score (nSPS) is 11.1. The summed E-state index contributed by atoms with van der Waals surface area (Å²) in [6.45, 7) is 2.58. The minimum absolute atomic E-state index is 0.0105. The summed E-state index contributed by atoms with van der Waals surface area (Å²) in [6, 6.07) is 10.2. The number of anilines is 2. The number of hydrogen-bond donors (Lipinski definition) is 2. The molecule has 0 atom stereocenters. The minimum atomic E-state index is -3.87. The highest BCUT2D eigenvalue weighted by atomic mass is 35.5. The monoisotopic (exact) mass is 508 g/mol. The molecule has 0 unspecified atom stereocenters. The number of amides is 1. The molecule has 11 heteroatoms. The minimum Gasteiger partial charge on any atom is -0.490 e. The molecular weight excluding hydrogens is 487 g/mol. The number of sulfonamides is 1. The van der Waals surface area contributed by atoms with E-state index in [2.05, 4.69) is 26.9 Å². The van der Waals surface area contributed by atoms with Crippen molar-refractivity contribution in [3.05, 3.63) is 70.5 Å². The highest BCUT2D eigenvalue weighted by Crippen LogP contribution is 2.34. The van der Waals surface area contributed by atoms with Crippen molar-refractivity contribution < 1.29 is 17.9 Å². The fourth-order valence-corrected chi connectivity index (χ4v) is 4.36. The van der Waals surface area contributed by atoms with Gasteiger partial charge in [-0.2, -0.15) is 0 Å². The van der Waals surface area contributed by atoms with E-state index in [1.807, 2.05) is 0 Å². The van der Waals surface area contributed by atoms with Crippen LogP contribution >= 0.6 is 23.2 Å². The number of aromatic nitrogens is 2. The average Bonchev–Trinajstić information content (AvgIpc) is 2.78. The Hall–Kier alpha value is -2.88. The Labute approximate surface area is 202 Å². The topological polar surface area (TPSA) is 110 Å². The standard InChI is InChI=1S/C22H22Cl2N4O4S/c1-2-3-4-12-32-20-18(23)13-15(14-19(20)24)21(29)27-16-6-8-17(9-7-16)33(30,31)28-22-25-10-5-11-26-22/h5-11,13-14H,2-4,12H2,1H3,(H,27,29)(H,25,26,28). The Kier molecular flexibility index (Phi) is 8.49. The van der Waals surface area contributed by atoms with Crippen molar-refractivity contribution in [1.82, 2.24) is 9.97 Å². The fraction of sp³-hybridized carbons (Fsp3) is 0.227. The first-order valence-corrected chi connectivity index (χ1v) is 12.4. The van der Waals surface area contributed by atoms with Crippen LogP contribution < -0.4 is 14.8 Å². The summed E-state index contributed by atoms with van der Waals surface area (Å²) in [6.07, 6.45) is 5.83. The summed E-state index contributed by atoms with van der Waals surface area (Å²) in [5, 5.41) is 3.16. The number of nitrogens with zero attached hydrogens (tertiary/aromatic N) is 2. The number of halogens is 2. The Morgan fingerprint density at radius 1 is 1.03 bits per heavy atom. The van der Waals surface area contributed by atoms with Gasteiger partial charge in [0.2, 0.25) is 5.95 Å². The van der Waals surface area contributed by atoms with E-state index in [0.29, 0.717) is 18.0 Å². The lowest BCUT2D eigenvalue weighted by Gasteiger charge is -2.12. The molecule has 174 valence electrons. The van der Waals surface area contributed by atoms with Gasteiger partial charge in [0.1, 0.15) is 0 Å². The molecule has 0 saturated heterocycles. The predicted molar refractivity (Wildman–Crippen MR) is 129 cm³/mol. The van der Waals surface area contributed by atoms with Crippen LogP contribution in [0.1, 0.15) is 36.5 Å². The average molecular weight is 509 g/mol. The maximum atomic E-state index is 12.6. The molecular formula is C22H22Cl2N4O4S. The van der Waals surface area contributed by atoms with Crippen LogP contribution in [0, 0.1) is 0 Å². The largest absolute Gasteiger partial charge is 0.490 e. The van der Waals surface area contributed by atoms with Crippen molar-refractivity contribution in [1.29, 1.82) is 0 Å². The van der Waals surface area contributed by atoms with Crippen LogP contribution in [0.15, 0.2) is 59.8 Å². The van der Waals surface area contributed by atoms with Gasteiger partial charge in [-0.3, -0.25) is 4.79 Å². The van der Waals surface area contributed by atoms with Gasteiger partial charge in [-0.1, -0.05) is 43.0 Å². The van der Waals surface area contributed by atoms with Crippen molar-refractivity contribution in [3.8, 4) is 5.75 Å². The molecule has 0 aliphatic heterocycles. The first-order valence-electron chi connectivity index (χ1n) is 10.1. The zero-order chi connectivity index (χ0) is 23.8. The molecule has 0 radical (unpaired) electrons. The third-order valence-corrected chi connectivity index (χ3v) is 6.37. The van der Waals surface area contributed by atoms with Crippen LogP contribution in [0.2, 0.25) is 10.0 Å². The van der Waals surface area contributed by atoms with Gasteiger partial charge in [0.15, 0.2) is 5.75 Å². The highest BCUT2D eigenvalue weighted by Gasteiger charge is 2.17. The predicted octanol–water partition coefficient (Wildman–Crippen LogP) is 5.41. The SMILES string of the molecule is CCCCCOc1c(Cl)cc(C(=O)Nc2ccc(S(=O)(=O)Nc3ncccn3)cc2)cc1Cl. The Balaban J connectivity index is 1.67. The molecule has 0 bridgehead atoms. The quantitative estimate of drug-likeness (QED) is 0.354. The summed E-state index contributed by atoms with van der Waals surface area (Å²) in [7, 11) is -3.87. The number of benzene rings is 2. The van der Waals surface area contributed by atoms with Gasteiger partial charge in [-0.25, -0.2) is 23.1 Å². The van der Waals surface area contributed by atoms with E-state index >= 15 is 0 Å². The van der Waals surface area contributed by atoms with Gasteiger partial charge in [-0.15, -0.1) is 0 Å². The Bertz CT molecular complexity index is 1180. The molecule has 1 aromatic heterocycles. The highest BCUT2D eigenvalue weighted by molar-refractivity contribution is 7.92. The van der Waals surface area contributed by atoms with Crippen molar-refractivity contribution in [2.75, 3.05) is 16.6 Å². The van der Waals surface area contributed by atoms with Crippen molar-refractivity contribution in [2.24, 2.45) is 0 Å². The number of carbonyl (C=O) groups is 1. The number of unbranched alkanes of at least 4 members (excludes halogenated alkanes) is 2. The molecule has 33 heavy (non-hydrogen) atoms. The van der Waals surface area contributed by atoms with E-state index in [1.54, 1.807) is 6.07 Å². The van der Waals surface area contributed by atoms with E-state index in [9.17, 15) is 13.2 Å². The molecule has 0 saturated carbocycles. The second kappa shape index (κ2) is 11.3. The maximum Gasteiger partial charge on any atom is 0.264 e. The van der Waals surface area contributed by atoms with E-state index in [4.69, 9.17) is 27.9 Å².